The van der Waals surface area contributed by atoms with E-state index in [2.05, 4.69) is 74.5 Å². The maximum Gasteiger partial charge on any atom is 0.252 e. The third-order valence-electron chi connectivity index (χ3n) is 7.78. The molecule has 0 aliphatic carbocycles. The van der Waals surface area contributed by atoms with E-state index in [1.165, 1.54) is 0 Å². The highest BCUT2D eigenvalue weighted by molar-refractivity contribution is 5.85. The number of pyridine rings is 1. The summed E-state index contributed by atoms with van der Waals surface area (Å²) in [6.07, 6.45) is 1.82. The number of nitrogens with zero attached hydrogens (tertiary/aromatic N) is 6. The van der Waals surface area contributed by atoms with E-state index in [1.54, 1.807) is 0 Å². The fraction of sp³-hybridized carbons (Fsp3) is 0.467. The molecule has 206 valence electrons. The molecule has 1 aliphatic heterocycles. The highest BCUT2D eigenvalue weighted by Crippen LogP contribution is 2.26. The second-order valence-corrected chi connectivity index (χ2v) is 10.5. The van der Waals surface area contributed by atoms with Crippen LogP contribution < -0.4 is 5.56 Å². The van der Waals surface area contributed by atoms with E-state index >= 15 is 0 Å². The summed E-state index contributed by atoms with van der Waals surface area (Å²) in [4.78, 5) is 21.3. The first-order valence-electron chi connectivity index (χ1n) is 14.0. The molecule has 4 aromatic rings. The molecule has 0 unspecified atom stereocenters. The standard InChI is InChI=1S/C30H39N7O2/c1-4-27(29-32-33-34-37(29)20-24-9-6-5-7-10-24)36(14-8-13-35-15-17-39-18-16-35)21-25-19-26-22(2)11-12-23(3)28(26)31-30(25)38/h5-7,9-12,19,27H,4,8,13-18,20-21H2,1-3H3,(H,31,38)/t27-/m0/s1. The third-order valence-corrected chi connectivity index (χ3v) is 7.78. The van der Waals surface area contributed by atoms with Crippen molar-refractivity contribution >= 4 is 10.9 Å². The molecule has 3 heterocycles. The van der Waals surface area contributed by atoms with Gasteiger partial charge in [0.25, 0.3) is 5.56 Å². The Kier molecular flexibility index (Phi) is 8.81. The number of hydrogen-bond donors (Lipinski definition) is 1. The van der Waals surface area contributed by atoms with Crippen molar-refractivity contribution in [2.24, 2.45) is 0 Å². The van der Waals surface area contributed by atoms with Crippen molar-refractivity contribution in [1.29, 1.82) is 0 Å². The lowest BCUT2D eigenvalue weighted by atomic mass is 10.0. The van der Waals surface area contributed by atoms with E-state index in [4.69, 9.17) is 4.74 Å². The highest BCUT2D eigenvalue weighted by Gasteiger charge is 2.26. The maximum atomic E-state index is 13.3. The van der Waals surface area contributed by atoms with Gasteiger partial charge in [-0.3, -0.25) is 14.6 Å². The molecule has 0 spiro atoms. The van der Waals surface area contributed by atoms with Crippen molar-refractivity contribution in [2.75, 3.05) is 39.4 Å². The third kappa shape index (κ3) is 6.43. The number of tetrazole rings is 1. The largest absolute Gasteiger partial charge is 0.379 e. The number of aromatic nitrogens is 5. The molecule has 1 saturated heterocycles. The van der Waals surface area contributed by atoms with Crippen molar-refractivity contribution in [3.8, 4) is 0 Å². The van der Waals surface area contributed by atoms with E-state index in [0.717, 1.165) is 91.2 Å². The Balaban J connectivity index is 1.44. The van der Waals surface area contributed by atoms with Gasteiger partial charge >= 0.3 is 0 Å². The highest BCUT2D eigenvalue weighted by atomic mass is 16.5. The van der Waals surface area contributed by atoms with E-state index in [-0.39, 0.29) is 11.6 Å². The van der Waals surface area contributed by atoms with Crippen molar-refractivity contribution in [3.63, 3.8) is 0 Å². The number of nitrogens with one attached hydrogen (secondary N) is 1. The zero-order valence-electron chi connectivity index (χ0n) is 23.3. The second-order valence-electron chi connectivity index (χ2n) is 10.5. The van der Waals surface area contributed by atoms with Gasteiger partial charge in [0.15, 0.2) is 5.82 Å². The summed E-state index contributed by atoms with van der Waals surface area (Å²) >= 11 is 0. The molecule has 2 aromatic heterocycles. The van der Waals surface area contributed by atoms with Crippen LogP contribution in [0.2, 0.25) is 0 Å². The molecule has 5 rings (SSSR count). The van der Waals surface area contributed by atoms with Gasteiger partial charge in [-0.2, -0.15) is 0 Å². The van der Waals surface area contributed by atoms with Crippen LogP contribution in [-0.2, 0) is 17.8 Å². The van der Waals surface area contributed by atoms with Crippen LogP contribution in [0.4, 0.5) is 0 Å². The van der Waals surface area contributed by atoms with Crippen LogP contribution >= 0.6 is 0 Å². The van der Waals surface area contributed by atoms with Gasteiger partial charge in [-0.1, -0.05) is 49.4 Å². The van der Waals surface area contributed by atoms with Gasteiger partial charge in [0, 0.05) is 37.1 Å². The van der Waals surface area contributed by atoms with Crippen LogP contribution in [0.3, 0.4) is 0 Å². The minimum atomic E-state index is -0.0342. The summed E-state index contributed by atoms with van der Waals surface area (Å²) in [5.74, 6) is 0.831. The monoisotopic (exact) mass is 529 g/mol. The Morgan fingerprint density at radius 2 is 1.85 bits per heavy atom. The molecule has 1 N–H and O–H groups in total. The van der Waals surface area contributed by atoms with Crippen LogP contribution in [0.15, 0.2) is 53.3 Å². The molecule has 39 heavy (non-hydrogen) atoms. The molecular weight excluding hydrogens is 490 g/mol. The van der Waals surface area contributed by atoms with Crippen LogP contribution in [0.5, 0.6) is 0 Å². The number of rotatable bonds is 11. The van der Waals surface area contributed by atoms with Gasteiger partial charge in [0.1, 0.15) is 0 Å². The molecule has 2 aromatic carbocycles. The SMILES string of the molecule is CC[C@@H](c1nnnn1Cc1ccccc1)N(CCCN1CCOCC1)Cc1cc2c(C)ccc(C)c2[nH]c1=O. The Morgan fingerprint density at radius 3 is 2.62 bits per heavy atom. The summed E-state index contributed by atoms with van der Waals surface area (Å²) < 4.78 is 7.42. The first-order chi connectivity index (χ1) is 19.0. The van der Waals surface area contributed by atoms with Gasteiger partial charge in [-0.25, -0.2) is 4.68 Å². The van der Waals surface area contributed by atoms with Crippen molar-refractivity contribution in [3.05, 3.63) is 87.0 Å². The molecule has 9 heteroatoms. The van der Waals surface area contributed by atoms with Gasteiger partial charge in [-0.15, -0.1) is 5.10 Å². The number of benzene rings is 2. The molecular formula is C30H39N7O2. The van der Waals surface area contributed by atoms with Crippen LogP contribution in [-0.4, -0.2) is 74.4 Å². The summed E-state index contributed by atoms with van der Waals surface area (Å²) in [7, 11) is 0. The first kappa shape index (κ1) is 27.2. The molecule has 0 radical (unpaired) electrons. The smallest absolute Gasteiger partial charge is 0.252 e. The van der Waals surface area contributed by atoms with Crippen LogP contribution in [0, 0.1) is 13.8 Å². The number of H-pyrrole nitrogens is 1. The molecule has 1 atom stereocenters. The molecule has 9 nitrogen and oxygen atoms in total. The average Bonchev–Trinajstić information content (AvgIpc) is 3.40. The summed E-state index contributed by atoms with van der Waals surface area (Å²) in [5.41, 5.74) is 5.04. The van der Waals surface area contributed by atoms with Gasteiger partial charge < -0.3 is 9.72 Å². The van der Waals surface area contributed by atoms with Gasteiger partial charge in [-0.05, 0) is 66.4 Å². The Morgan fingerprint density at radius 1 is 1.08 bits per heavy atom. The summed E-state index contributed by atoms with van der Waals surface area (Å²) in [5, 5.41) is 14.0. The molecule has 1 aliphatic rings. The number of morpholine rings is 1. The molecule has 0 bridgehead atoms. The fourth-order valence-electron chi connectivity index (χ4n) is 5.54. The van der Waals surface area contributed by atoms with Crippen molar-refractivity contribution in [2.45, 2.75) is 52.7 Å². The second kappa shape index (κ2) is 12.6. The quantitative estimate of drug-likeness (QED) is 0.315. The van der Waals surface area contributed by atoms with E-state index in [1.807, 2.05) is 29.8 Å². The zero-order chi connectivity index (χ0) is 27.2. The minimum Gasteiger partial charge on any atom is -0.379 e. The lowest BCUT2D eigenvalue weighted by molar-refractivity contribution is 0.0349. The van der Waals surface area contributed by atoms with Gasteiger partial charge in [0.2, 0.25) is 0 Å². The predicted molar refractivity (Wildman–Crippen MR) is 153 cm³/mol. The van der Waals surface area contributed by atoms with Crippen LogP contribution in [0.25, 0.3) is 10.9 Å². The summed E-state index contributed by atoms with van der Waals surface area (Å²) in [6, 6.07) is 16.5. The Bertz CT molecular complexity index is 1430. The normalized spacial score (nSPS) is 15.3. The lowest BCUT2D eigenvalue weighted by Crippen LogP contribution is -2.39. The number of aryl methyl sites for hydroxylation is 2. The van der Waals surface area contributed by atoms with E-state index in [0.29, 0.717) is 13.1 Å². The van der Waals surface area contributed by atoms with E-state index < -0.39 is 0 Å². The Hall–Kier alpha value is -3.40. The molecule has 1 fully saturated rings. The van der Waals surface area contributed by atoms with Crippen molar-refractivity contribution < 1.29 is 4.74 Å². The van der Waals surface area contributed by atoms with Crippen molar-refractivity contribution in [1.82, 2.24) is 35.0 Å². The molecule has 0 amide bonds. The van der Waals surface area contributed by atoms with Gasteiger partial charge in [0.05, 0.1) is 31.3 Å². The number of aromatic amines is 1. The first-order valence-corrected chi connectivity index (χ1v) is 14.0. The zero-order valence-corrected chi connectivity index (χ0v) is 23.3. The maximum absolute atomic E-state index is 13.3. The topological polar surface area (TPSA) is 92.2 Å². The number of ether oxygens (including phenoxy) is 1. The lowest BCUT2D eigenvalue weighted by Gasteiger charge is -2.32. The Labute approximate surface area is 229 Å². The average molecular weight is 530 g/mol. The fourth-order valence-corrected chi connectivity index (χ4v) is 5.54. The number of hydrogen-bond acceptors (Lipinski definition) is 7. The van der Waals surface area contributed by atoms with E-state index in [9.17, 15) is 4.79 Å². The van der Waals surface area contributed by atoms with Crippen LogP contribution in [0.1, 0.15) is 53.9 Å². The minimum absolute atomic E-state index is 0.0258. The molecule has 0 saturated carbocycles. The predicted octanol–water partition coefficient (Wildman–Crippen LogP) is 3.86. The number of fused-ring (bicyclic) bond motifs is 1. The summed E-state index contributed by atoms with van der Waals surface area (Å²) in [6.45, 7) is 12.8.